The predicted molar refractivity (Wildman–Crippen MR) is 106 cm³/mol. The average Bonchev–Trinajstić information content (AvgIpc) is 2.69. The van der Waals surface area contributed by atoms with Gasteiger partial charge in [-0.05, 0) is 29.7 Å². The molecule has 1 heterocycles. The van der Waals surface area contributed by atoms with E-state index in [1.165, 1.54) is 11.1 Å². The first kappa shape index (κ1) is 17.7. The molecule has 0 radical (unpaired) electrons. The van der Waals surface area contributed by atoms with Gasteiger partial charge in [-0.1, -0.05) is 48.5 Å². The molecule has 0 spiro atoms. The normalized spacial score (nSPS) is 10.4. The molecular weight excluding hydrogens is 324 g/mol. The zero-order chi connectivity index (χ0) is 18.2. The van der Waals surface area contributed by atoms with Crippen molar-refractivity contribution in [2.75, 3.05) is 30.9 Å². The summed E-state index contributed by atoms with van der Waals surface area (Å²) in [6, 6.07) is 20.3. The van der Waals surface area contributed by atoms with Crippen LogP contribution in [0.1, 0.15) is 11.1 Å². The standard InChI is InChI=1S/C21H24N4O/c1-25(16-17-8-4-3-5-9-17)20-13-15-23-21(24-20)22-14-12-18-10-6-7-11-19(18)26-2/h3-11,13,15H,12,14,16H2,1-2H3,(H,22,23,24). The Morgan fingerprint density at radius 2 is 1.77 bits per heavy atom. The van der Waals surface area contributed by atoms with Crippen molar-refractivity contribution in [3.63, 3.8) is 0 Å². The molecule has 134 valence electrons. The summed E-state index contributed by atoms with van der Waals surface area (Å²) in [4.78, 5) is 11.1. The molecular formula is C21H24N4O. The average molecular weight is 348 g/mol. The third-order valence-electron chi connectivity index (χ3n) is 4.16. The number of ether oxygens (including phenoxy) is 1. The quantitative estimate of drug-likeness (QED) is 0.671. The summed E-state index contributed by atoms with van der Waals surface area (Å²) < 4.78 is 5.39. The molecule has 5 nitrogen and oxygen atoms in total. The first-order valence-electron chi connectivity index (χ1n) is 8.70. The molecule has 0 saturated carbocycles. The molecule has 0 bridgehead atoms. The zero-order valence-electron chi connectivity index (χ0n) is 15.2. The van der Waals surface area contributed by atoms with E-state index in [0.29, 0.717) is 5.95 Å². The van der Waals surface area contributed by atoms with E-state index in [2.05, 4.69) is 38.4 Å². The third kappa shape index (κ3) is 4.72. The van der Waals surface area contributed by atoms with Crippen molar-refractivity contribution >= 4 is 11.8 Å². The Morgan fingerprint density at radius 3 is 2.58 bits per heavy atom. The molecule has 0 fully saturated rings. The van der Waals surface area contributed by atoms with E-state index >= 15 is 0 Å². The van der Waals surface area contributed by atoms with Crippen molar-refractivity contribution in [2.24, 2.45) is 0 Å². The van der Waals surface area contributed by atoms with Gasteiger partial charge in [-0.15, -0.1) is 0 Å². The van der Waals surface area contributed by atoms with Crippen LogP contribution in [0, 0.1) is 0 Å². The maximum Gasteiger partial charge on any atom is 0.224 e. The number of nitrogens with zero attached hydrogens (tertiary/aromatic N) is 3. The molecule has 26 heavy (non-hydrogen) atoms. The van der Waals surface area contributed by atoms with Gasteiger partial charge in [-0.3, -0.25) is 0 Å². The number of methoxy groups -OCH3 is 1. The van der Waals surface area contributed by atoms with Gasteiger partial charge in [0.25, 0.3) is 0 Å². The number of nitrogens with one attached hydrogen (secondary N) is 1. The monoisotopic (exact) mass is 348 g/mol. The summed E-state index contributed by atoms with van der Waals surface area (Å²) in [5.74, 6) is 2.44. The summed E-state index contributed by atoms with van der Waals surface area (Å²) >= 11 is 0. The van der Waals surface area contributed by atoms with Crippen LogP contribution in [-0.4, -0.2) is 30.7 Å². The van der Waals surface area contributed by atoms with Crippen molar-refractivity contribution in [2.45, 2.75) is 13.0 Å². The summed E-state index contributed by atoms with van der Waals surface area (Å²) in [6.07, 6.45) is 2.63. The van der Waals surface area contributed by atoms with Gasteiger partial charge < -0.3 is 15.0 Å². The van der Waals surface area contributed by atoms with E-state index in [0.717, 1.165) is 31.1 Å². The highest BCUT2D eigenvalue weighted by atomic mass is 16.5. The highest BCUT2D eigenvalue weighted by Gasteiger charge is 2.06. The SMILES string of the molecule is COc1ccccc1CCNc1nccc(N(C)Cc2ccccc2)n1. The van der Waals surface area contributed by atoms with Gasteiger partial charge in [0.2, 0.25) is 5.95 Å². The van der Waals surface area contributed by atoms with Gasteiger partial charge in [0.1, 0.15) is 11.6 Å². The van der Waals surface area contributed by atoms with Gasteiger partial charge in [-0.2, -0.15) is 4.98 Å². The molecule has 0 atom stereocenters. The van der Waals surface area contributed by atoms with E-state index in [-0.39, 0.29) is 0 Å². The van der Waals surface area contributed by atoms with Crippen molar-refractivity contribution in [3.8, 4) is 5.75 Å². The second-order valence-corrected chi connectivity index (χ2v) is 6.07. The molecule has 1 N–H and O–H groups in total. The summed E-state index contributed by atoms with van der Waals surface area (Å²) in [6.45, 7) is 1.55. The molecule has 3 rings (SSSR count). The lowest BCUT2D eigenvalue weighted by Gasteiger charge is -2.18. The maximum atomic E-state index is 5.39. The molecule has 1 aromatic heterocycles. The van der Waals surface area contributed by atoms with Gasteiger partial charge >= 0.3 is 0 Å². The number of hydrogen-bond acceptors (Lipinski definition) is 5. The van der Waals surface area contributed by atoms with E-state index in [1.807, 2.05) is 49.5 Å². The van der Waals surface area contributed by atoms with Crippen molar-refractivity contribution in [3.05, 3.63) is 78.0 Å². The molecule has 5 heteroatoms. The van der Waals surface area contributed by atoms with Crippen molar-refractivity contribution in [1.29, 1.82) is 0 Å². The summed E-state index contributed by atoms with van der Waals surface area (Å²) in [5.41, 5.74) is 2.42. The maximum absolute atomic E-state index is 5.39. The minimum Gasteiger partial charge on any atom is -0.496 e. The molecule has 0 saturated heterocycles. The van der Waals surface area contributed by atoms with Crippen LogP contribution >= 0.6 is 0 Å². The van der Waals surface area contributed by atoms with Crippen LogP contribution in [0.3, 0.4) is 0 Å². The summed E-state index contributed by atoms with van der Waals surface area (Å²) in [5, 5.41) is 3.30. The molecule has 2 aromatic carbocycles. The van der Waals surface area contributed by atoms with Crippen LogP contribution < -0.4 is 15.0 Å². The van der Waals surface area contributed by atoms with Crippen LogP contribution in [0.25, 0.3) is 0 Å². The van der Waals surface area contributed by atoms with Crippen molar-refractivity contribution in [1.82, 2.24) is 9.97 Å². The van der Waals surface area contributed by atoms with E-state index < -0.39 is 0 Å². The van der Waals surface area contributed by atoms with Crippen LogP contribution in [0.2, 0.25) is 0 Å². The van der Waals surface area contributed by atoms with Crippen molar-refractivity contribution < 1.29 is 4.74 Å². The Labute approximate surface area is 154 Å². The fourth-order valence-electron chi connectivity index (χ4n) is 2.80. The number of anilines is 2. The second-order valence-electron chi connectivity index (χ2n) is 6.07. The smallest absolute Gasteiger partial charge is 0.224 e. The number of aromatic nitrogens is 2. The molecule has 0 aliphatic carbocycles. The fourth-order valence-corrected chi connectivity index (χ4v) is 2.80. The van der Waals surface area contributed by atoms with Crippen LogP contribution in [0.5, 0.6) is 5.75 Å². The second kappa shape index (κ2) is 8.85. The Morgan fingerprint density at radius 1 is 1.00 bits per heavy atom. The molecule has 3 aromatic rings. The molecule has 0 amide bonds. The van der Waals surface area contributed by atoms with E-state index in [4.69, 9.17) is 4.74 Å². The number of benzene rings is 2. The molecule has 0 unspecified atom stereocenters. The fraction of sp³-hybridized carbons (Fsp3) is 0.238. The number of hydrogen-bond donors (Lipinski definition) is 1. The first-order chi connectivity index (χ1) is 12.8. The third-order valence-corrected chi connectivity index (χ3v) is 4.16. The Kier molecular flexibility index (Phi) is 6.04. The molecule has 0 aliphatic rings. The van der Waals surface area contributed by atoms with E-state index in [1.54, 1.807) is 13.3 Å². The highest BCUT2D eigenvalue weighted by molar-refractivity contribution is 5.43. The van der Waals surface area contributed by atoms with E-state index in [9.17, 15) is 0 Å². The highest BCUT2D eigenvalue weighted by Crippen LogP contribution is 2.18. The lowest BCUT2D eigenvalue weighted by atomic mass is 10.1. The first-order valence-corrected chi connectivity index (χ1v) is 8.70. The zero-order valence-corrected chi connectivity index (χ0v) is 15.2. The van der Waals surface area contributed by atoms with Gasteiger partial charge in [0.15, 0.2) is 0 Å². The number of para-hydroxylation sites is 1. The largest absolute Gasteiger partial charge is 0.496 e. The van der Waals surface area contributed by atoms with Gasteiger partial charge in [0, 0.05) is 26.3 Å². The lowest BCUT2D eigenvalue weighted by Crippen LogP contribution is -2.18. The Hall–Kier alpha value is -3.08. The minimum absolute atomic E-state index is 0.636. The van der Waals surface area contributed by atoms with Gasteiger partial charge in [-0.25, -0.2) is 4.98 Å². The van der Waals surface area contributed by atoms with Gasteiger partial charge in [0.05, 0.1) is 7.11 Å². The summed E-state index contributed by atoms with van der Waals surface area (Å²) in [7, 11) is 3.73. The topological polar surface area (TPSA) is 50.3 Å². The van der Waals surface area contributed by atoms with Crippen LogP contribution in [-0.2, 0) is 13.0 Å². The lowest BCUT2D eigenvalue weighted by molar-refractivity contribution is 0.410. The predicted octanol–water partition coefficient (Wildman–Crippen LogP) is 3.78. The van der Waals surface area contributed by atoms with Crippen LogP contribution in [0.4, 0.5) is 11.8 Å². The number of rotatable bonds is 8. The minimum atomic E-state index is 0.636. The Balaban J connectivity index is 1.58. The Bertz CT molecular complexity index is 823. The van der Waals surface area contributed by atoms with Crippen LogP contribution in [0.15, 0.2) is 66.9 Å². The molecule has 0 aliphatic heterocycles.